The Morgan fingerprint density at radius 3 is 2.57 bits per heavy atom. The fourth-order valence-corrected chi connectivity index (χ4v) is 4.07. The first kappa shape index (κ1) is 19.7. The minimum absolute atomic E-state index is 0. The van der Waals surface area contributed by atoms with E-state index in [0.717, 1.165) is 12.8 Å². The van der Waals surface area contributed by atoms with Crippen molar-refractivity contribution in [3.63, 3.8) is 0 Å². The molecule has 1 aromatic rings. The summed E-state index contributed by atoms with van der Waals surface area (Å²) in [6.07, 6.45) is 1.69. The van der Waals surface area contributed by atoms with Gasteiger partial charge in [-0.15, -0.1) is 12.4 Å². The molecule has 0 aliphatic carbocycles. The maximum Gasteiger partial charge on any atom is 0.251 e. The summed E-state index contributed by atoms with van der Waals surface area (Å²) in [5.41, 5.74) is 5.62. The van der Waals surface area contributed by atoms with E-state index in [1.807, 2.05) is 0 Å². The third-order valence-electron chi connectivity index (χ3n) is 3.54. The van der Waals surface area contributed by atoms with Crippen LogP contribution in [-0.4, -0.2) is 51.9 Å². The quantitative estimate of drug-likeness (QED) is 0.770. The fourth-order valence-electron chi connectivity index (χ4n) is 2.37. The van der Waals surface area contributed by atoms with Crippen molar-refractivity contribution < 1.29 is 17.9 Å². The predicted octanol–water partition coefficient (Wildman–Crippen LogP) is 0.590. The number of benzene rings is 1. The second-order valence-electron chi connectivity index (χ2n) is 5.02. The molecular formula is C14H22ClN3O4S. The molecule has 0 bridgehead atoms. The van der Waals surface area contributed by atoms with Crippen molar-refractivity contribution in [1.29, 1.82) is 0 Å². The molecule has 1 aliphatic heterocycles. The highest BCUT2D eigenvalue weighted by atomic mass is 35.5. The lowest BCUT2D eigenvalue weighted by molar-refractivity contribution is 0.0954. The van der Waals surface area contributed by atoms with Gasteiger partial charge < -0.3 is 15.8 Å². The first-order valence-corrected chi connectivity index (χ1v) is 8.61. The predicted molar refractivity (Wildman–Crippen MR) is 89.6 cm³/mol. The van der Waals surface area contributed by atoms with Crippen molar-refractivity contribution in [3.8, 4) is 5.75 Å². The highest BCUT2D eigenvalue weighted by Gasteiger charge is 2.30. The molecular weight excluding hydrogens is 342 g/mol. The van der Waals surface area contributed by atoms with Crippen molar-refractivity contribution in [2.75, 3.05) is 33.3 Å². The zero-order chi connectivity index (χ0) is 16.2. The van der Waals surface area contributed by atoms with Crippen LogP contribution in [0.2, 0.25) is 0 Å². The molecule has 2 rings (SSSR count). The lowest BCUT2D eigenvalue weighted by Crippen LogP contribution is -2.30. The molecule has 1 aromatic carbocycles. The van der Waals surface area contributed by atoms with Crippen LogP contribution < -0.4 is 15.8 Å². The monoisotopic (exact) mass is 363 g/mol. The van der Waals surface area contributed by atoms with Crippen molar-refractivity contribution in [2.24, 2.45) is 5.73 Å². The van der Waals surface area contributed by atoms with Gasteiger partial charge in [0.1, 0.15) is 10.6 Å². The number of rotatable bonds is 6. The average molecular weight is 364 g/mol. The summed E-state index contributed by atoms with van der Waals surface area (Å²) >= 11 is 0. The molecule has 1 aliphatic rings. The van der Waals surface area contributed by atoms with Gasteiger partial charge in [-0.3, -0.25) is 4.79 Å². The van der Waals surface area contributed by atoms with Gasteiger partial charge in [0, 0.05) is 31.7 Å². The van der Waals surface area contributed by atoms with Crippen LogP contribution in [0, 0.1) is 0 Å². The number of halogens is 1. The molecule has 0 saturated carbocycles. The van der Waals surface area contributed by atoms with E-state index in [2.05, 4.69) is 5.32 Å². The van der Waals surface area contributed by atoms with Crippen LogP contribution in [0.1, 0.15) is 23.2 Å². The van der Waals surface area contributed by atoms with Crippen LogP contribution in [0.3, 0.4) is 0 Å². The summed E-state index contributed by atoms with van der Waals surface area (Å²) in [6, 6.07) is 4.40. The lowest BCUT2D eigenvalue weighted by atomic mass is 10.2. The number of carbonyl (C=O) groups is 1. The topological polar surface area (TPSA) is 102 Å². The number of nitrogens with one attached hydrogen (secondary N) is 1. The van der Waals surface area contributed by atoms with E-state index in [9.17, 15) is 13.2 Å². The number of amides is 1. The largest absolute Gasteiger partial charge is 0.495 e. The summed E-state index contributed by atoms with van der Waals surface area (Å²) in [5, 5.41) is 2.62. The number of sulfonamides is 1. The van der Waals surface area contributed by atoms with Gasteiger partial charge in [-0.25, -0.2) is 8.42 Å². The molecule has 7 nitrogen and oxygen atoms in total. The van der Waals surface area contributed by atoms with Crippen molar-refractivity contribution >= 4 is 28.3 Å². The minimum Gasteiger partial charge on any atom is -0.495 e. The summed E-state index contributed by atoms with van der Waals surface area (Å²) in [6.45, 7) is 1.64. The Balaban J connectivity index is 0.00000264. The normalized spacial score (nSPS) is 15.0. The van der Waals surface area contributed by atoms with Crippen molar-refractivity contribution in [1.82, 2.24) is 9.62 Å². The van der Waals surface area contributed by atoms with E-state index in [1.165, 1.54) is 29.6 Å². The molecule has 130 valence electrons. The van der Waals surface area contributed by atoms with Gasteiger partial charge in [0.25, 0.3) is 5.91 Å². The number of nitrogens with zero attached hydrogens (tertiary/aromatic N) is 1. The maximum atomic E-state index is 12.7. The summed E-state index contributed by atoms with van der Waals surface area (Å²) < 4.78 is 32.0. The molecule has 1 amide bonds. The number of ether oxygens (including phenoxy) is 1. The van der Waals surface area contributed by atoms with Crippen LogP contribution in [0.15, 0.2) is 23.1 Å². The molecule has 0 atom stereocenters. The fraction of sp³-hybridized carbons (Fsp3) is 0.500. The molecule has 1 saturated heterocycles. The Bertz CT molecular complexity index is 645. The molecule has 0 aromatic heterocycles. The number of methoxy groups -OCH3 is 1. The zero-order valence-electron chi connectivity index (χ0n) is 12.9. The Morgan fingerprint density at radius 2 is 2.00 bits per heavy atom. The van der Waals surface area contributed by atoms with Gasteiger partial charge in [0.2, 0.25) is 10.0 Å². The van der Waals surface area contributed by atoms with Gasteiger partial charge in [0.15, 0.2) is 0 Å². The van der Waals surface area contributed by atoms with Gasteiger partial charge in [0.05, 0.1) is 7.11 Å². The second kappa shape index (κ2) is 8.49. The molecule has 3 N–H and O–H groups in total. The number of hydrogen-bond donors (Lipinski definition) is 2. The van der Waals surface area contributed by atoms with Crippen LogP contribution in [-0.2, 0) is 10.0 Å². The van der Waals surface area contributed by atoms with Gasteiger partial charge in [-0.2, -0.15) is 4.31 Å². The van der Waals surface area contributed by atoms with Crippen molar-refractivity contribution in [3.05, 3.63) is 23.8 Å². The van der Waals surface area contributed by atoms with Crippen LogP contribution in [0.25, 0.3) is 0 Å². The Morgan fingerprint density at radius 1 is 1.35 bits per heavy atom. The molecule has 0 spiro atoms. The molecule has 0 radical (unpaired) electrons. The minimum atomic E-state index is -3.65. The Hall–Kier alpha value is -1.35. The van der Waals surface area contributed by atoms with Crippen LogP contribution >= 0.6 is 12.4 Å². The van der Waals surface area contributed by atoms with Crippen LogP contribution in [0.5, 0.6) is 5.75 Å². The van der Waals surface area contributed by atoms with E-state index in [4.69, 9.17) is 10.5 Å². The third-order valence-corrected chi connectivity index (χ3v) is 5.46. The zero-order valence-corrected chi connectivity index (χ0v) is 14.6. The van der Waals surface area contributed by atoms with E-state index >= 15 is 0 Å². The van der Waals surface area contributed by atoms with E-state index in [0.29, 0.717) is 26.2 Å². The number of nitrogens with two attached hydrogens (primary N) is 1. The first-order valence-electron chi connectivity index (χ1n) is 7.17. The van der Waals surface area contributed by atoms with E-state index in [1.54, 1.807) is 0 Å². The highest BCUT2D eigenvalue weighted by molar-refractivity contribution is 7.89. The van der Waals surface area contributed by atoms with Crippen LogP contribution in [0.4, 0.5) is 0 Å². The Kier molecular flexibility index (Phi) is 7.27. The third kappa shape index (κ3) is 4.35. The average Bonchev–Trinajstić information content (AvgIpc) is 3.07. The summed E-state index contributed by atoms with van der Waals surface area (Å²) in [4.78, 5) is 12.0. The number of hydrogen-bond acceptors (Lipinski definition) is 5. The lowest BCUT2D eigenvalue weighted by Gasteiger charge is -2.18. The van der Waals surface area contributed by atoms with Crippen molar-refractivity contribution in [2.45, 2.75) is 17.7 Å². The molecule has 1 fully saturated rings. The SMILES string of the molecule is COc1ccc(C(=O)NCCN)cc1S(=O)(=O)N1CCCC1.Cl. The second-order valence-corrected chi connectivity index (χ2v) is 6.93. The maximum absolute atomic E-state index is 12.7. The first-order chi connectivity index (χ1) is 10.5. The van der Waals surface area contributed by atoms with Gasteiger partial charge in [-0.1, -0.05) is 0 Å². The summed E-state index contributed by atoms with van der Waals surface area (Å²) in [5.74, 6) is -0.117. The van der Waals surface area contributed by atoms with E-state index < -0.39 is 10.0 Å². The summed E-state index contributed by atoms with van der Waals surface area (Å²) in [7, 11) is -2.25. The van der Waals surface area contributed by atoms with Gasteiger partial charge in [-0.05, 0) is 31.0 Å². The standard InChI is InChI=1S/C14H21N3O4S.ClH/c1-21-12-5-4-11(14(18)16-7-6-15)10-13(12)22(19,20)17-8-2-3-9-17;/h4-5,10H,2-3,6-9,15H2,1H3,(H,16,18);1H. The molecule has 1 heterocycles. The Labute approximate surface area is 142 Å². The molecule has 0 unspecified atom stereocenters. The van der Waals surface area contributed by atoms with E-state index in [-0.39, 0.29) is 34.5 Å². The molecule has 9 heteroatoms. The smallest absolute Gasteiger partial charge is 0.251 e. The number of carbonyl (C=O) groups excluding carboxylic acids is 1. The van der Waals surface area contributed by atoms with Gasteiger partial charge >= 0.3 is 0 Å². The highest BCUT2D eigenvalue weighted by Crippen LogP contribution is 2.29. The molecule has 23 heavy (non-hydrogen) atoms.